The van der Waals surface area contributed by atoms with Gasteiger partial charge in [-0.15, -0.1) is 0 Å². The summed E-state index contributed by atoms with van der Waals surface area (Å²) < 4.78 is 5.68. The molecule has 1 heterocycles. The third-order valence-electron chi connectivity index (χ3n) is 3.25. The summed E-state index contributed by atoms with van der Waals surface area (Å²) in [5.74, 6) is 0.800. The highest BCUT2D eigenvalue weighted by Crippen LogP contribution is 2.20. The molecule has 2 rings (SSSR count). The fourth-order valence-electron chi connectivity index (χ4n) is 2.21. The molecule has 16 heavy (non-hydrogen) atoms. The van der Waals surface area contributed by atoms with Crippen molar-refractivity contribution in [2.75, 3.05) is 25.4 Å². The van der Waals surface area contributed by atoms with Crippen LogP contribution in [0.5, 0.6) is 5.75 Å². The zero-order valence-electron chi connectivity index (χ0n) is 9.86. The highest BCUT2D eigenvalue weighted by atomic mass is 16.5. The number of nitrogens with zero attached hydrogens (tertiary/aromatic N) is 1. The van der Waals surface area contributed by atoms with Gasteiger partial charge < -0.3 is 10.5 Å². The zero-order valence-corrected chi connectivity index (χ0v) is 9.86. The summed E-state index contributed by atoms with van der Waals surface area (Å²) >= 11 is 0. The molecule has 1 aliphatic rings. The smallest absolute Gasteiger partial charge is 0.142 e. The number of anilines is 1. The van der Waals surface area contributed by atoms with Gasteiger partial charge in [-0.3, -0.25) is 4.90 Å². The third kappa shape index (κ3) is 2.67. The van der Waals surface area contributed by atoms with Crippen LogP contribution in [0, 0.1) is 0 Å². The standard InChI is InChI=1S/C13H20N2O/c1-11-5-4-8-15(11)9-10-16-13-7-3-2-6-12(13)14/h2-3,6-7,11H,4-5,8-10,14H2,1H3. The second-order valence-corrected chi connectivity index (χ2v) is 4.41. The lowest BCUT2D eigenvalue weighted by Crippen LogP contribution is -2.31. The summed E-state index contributed by atoms with van der Waals surface area (Å²) in [4.78, 5) is 2.47. The molecule has 0 aromatic heterocycles. The van der Waals surface area contributed by atoms with E-state index in [9.17, 15) is 0 Å². The van der Waals surface area contributed by atoms with Crippen molar-refractivity contribution < 1.29 is 4.74 Å². The van der Waals surface area contributed by atoms with Crippen molar-refractivity contribution in [1.29, 1.82) is 0 Å². The van der Waals surface area contributed by atoms with Crippen LogP contribution in [0.15, 0.2) is 24.3 Å². The van der Waals surface area contributed by atoms with Gasteiger partial charge in [0.25, 0.3) is 0 Å². The molecule has 0 saturated carbocycles. The van der Waals surface area contributed by atoms with E-state index >= 15 is 0 Å². The first-order valence-electron chi connectivity index (χ1n) is 5.99. The van der Waals surface area contributed by atoms with E-state index in [4.69, 9.17) is 10.5 Å². The monoisotopic (exact) mass is 220 g/mol. The van der Waals surface area contributed by atoms with Gasteiger partial charge in [0.05, 0.1) is 5.69 Å². The Balaban J connectivity index is 1.78. The minimum Gasteiger partial charge on any atom is -0.490 e. The zero-order chi connectivity index (χ0) is 11.4. The second-order valence-electron chi connectivity index (χ2n) is 4.41. The first-order chi connectivity index (χ1) is 7.77. The van der Waals surface area contributed by atoms with Crippen LogP contribution in [0.1, 0.15) is 19.8 Å². The van der Waals surface area contributed by atoms with Crippen molar-refractivity contribution in [2.24, 2.45) is 0 Å². The van der Waals surface area contributed by atoms with Gasteiger partial charge in [-0.1, -0.05) is 12.1 Å². The van der Waals surface area contributed by atoms with E-state index in [2.05, 4.69) is 11.8 Å². The number of para-hydroxylation sites is 2. The predicted octanol–water partition coefficient (Wildman–Crippen LogP) is 2.13. The van der Waals surface area contributed by atoms with E-state index in [-0.39, 0.29) is 0 Å². The second kappa shape index (κ2) is 5.21. The molecule has 1 aromatic carbocycles. The summed E-state index contributed by atoms with van der Waals surface area (Å²) in [7, 11) is 0. The number of nitrogen functional groups attached to an aromatic ring is 1. The maximum atomic E-state index is 5.80. The van der Waals surface area contributed by atoms with Crippen molar-refractivity contribution >= 4 is 5.69 Å². The number of ether oxygens (including phenoxy) is 1. The number of hydrogen-bond donors (Lipinski definition) is 1. The number of rotatable bonds is 4. The predicted molar refractivity (Wildman–Crippen MR) is 66.6 cm³/mol. The van der Waals surface area contributed by atoms with E-state index in [1.54, 1.807) is 0 Å². The molecular formula is C13H20N2O. The first kappa shape index (κ1) is 11.3. The summed E-state index contributed by atoms with van der Waals surface area (Å²) in [5, 5.41) is 0. The van der Waals surface area contributed by atoms with Crippen molar-refractivity contribution in [3.63, 3.8) is 0 Å². The van der Waals surface area contributed by atoms with Gasteiger partial charge >= 0.3 is 0 Å². The molecule has 3 nitrogen and oxygen atoms in total. The van der Waals surface area contributed by atoms with Crippen LogP contribution < -0.4 is 10.5 Å². The van der Waals surface area contributed by atoms with E-state index in [0.717, 1.165) is 24.6 Å². The summed E-state index contributed by atoms with van der Waals surface area (Å²) in [6.45, 7) is 5.20. The lowest BCUT2D eigenvalue weighted by molar-refractivity contribution is 0.205. The van der Waals surface area contributed by atoms with Crippen LogP contribution in [0.25, 0.3) is 0 Å². The molecule has 1 saturated heterocycles. The summed E-state index contributed by atoms with van der Waals surface area (Å²) in [5.41, 5.74) is 6.52. The van der Waals surface area contributed by atoms with Gasteiger partial charge in [0.1, 0.15) is 12.4 Å². The van der Waals surface area contributed by atoms with E-state index in [1.165, 1.54) is 19.4 Å². The summed E-state index contributed by atoms with van der Waals surface area (Å²) in [6.07, 6.45) is 2.63. The lowest BCUT2D eigenvalue weighted by Gasteiger charge is -2.21. The Morgan fingerprint density at radius 2 is 2.25 bits per heavy atom. The van der Waals surface area contributed by atoms with E-state index in [1.807, 2.05) is 24.3 Å². The average molecular weight is 220 g/mol. The molecule has 3 heteroatoms. The SMILES string of the molecule is CC1CCCN1CCOc1ccccc1N. The summed E-state index contributed by atoms with van der Waals surface area (Å²) in [6, 6.07) is 8.36. The molecule has 1 atom stereocenters. The van der Waals surface area contributed by atoms with Crippen molar-refractivity contribution in [2.45, 2.75) is 25.8 Å². The molecule has 88 valence electrons. The van der Waals surface area contributed by atoms with E-state index in [0.29, 0.717) is 6.04 Å². The molecule has 0 aliphatic carbocycles. The van der Waals surface area contributed by atoms with E-state index < -0.39 is 0 Å². The van der Waals surface area contributed by atoms with Crippen LogP contribution >= 0.6 is 0 Å². The van der Waals surface area contributed by atoms with Gasteiger partial charge in [0.2, 0.25) is 0 Å². The maximum Gasteiger partial charge on any atom is 0.142 e. The maximum absolute atomic E-state index is 5.80. The van der Waals surface area contributed by atoms with Crippen LogP contribution in [0.2, 0.25) is 0 Å². The number of hydrogen-bond acceptors (Lipinski definition) is 3. The average Bonchev–Trinajstić information content (AvgIpc) is 2.67. The quantitative estimate of drug-likeness (QED) is 0.790. The van der Waals surface area contributed by atoms with Gasteiger partial charge in [0.15, 0.2) is 0 Å². The Morgan fingerprint density at radius 1 is 1.44 bits per heavy atom. The Kier molecular flexibility index (Phi) is 3.67. The Bertz CT molecular complexity index is 340. The van der Waals surface area contributed by atoms with Gasteiger partial charge in [0, 0.05) is 12.6 Å². The number of nitrogens with two attached hydrogens (primary N) is 1. The molecule has 1 unspecified atom stereocenters. The fraction of sp³-hybridized carbons (Fsp3) is 0.538. The highest BCUT2D eigenvalue weighted by molar-refractivity contribution is 5.51. The minimum atomic E-state index is 0.705. The molecule has 0 amide bonds. The largest absolute Gasteiger partial charge is 0.490 e. The minimum absolute atomic E-state index is 0.705. The number of likely N-dealkylation sites (tertiary alicyclic amines) is 1. The van der Waals surface area contributed by atoms with Gasteiger partial charge in [-0.2, -0.15) is 0 Å². The van der Waals surface area contributed by atoms with Crippen molar-refractivity contribution in [3.8, 4) is 5.75 Å². The molecule has 1 fully saturated rings. The molecule has 0 bridgehead atoms. The molecule has 2 N–H and O–H groups in total. The Labute approximate surface area is 97.2 Å². The molecule has 1 aliphatic heterocycles. The fourth-order valence-corrected chi connectivity index (χ4v) is 2.21. The van der Waals surface area contributed by atoms with Crippen molar-refractivity contribution in [1.82, 2.24) is 4.90 Å². The van der Waals surface area contributed by atoms with Crippen LogP contribution in [-0.2, 0) is 0 Å². The van der Waals surface area contributed by atoms with Crippen LogP contribution in [-0.4, -0.2) is 30.6 Å². The van der Waals surface area contributed by atoms with Crippen LogP contribution in [0.3, 0.4) is 0 Å². The Hall–Kier alpha value is -1.22. The Morgan fingerprint density at radius 3 is 2.94 bits per heavy atom. The van der Waals surface area contributed by atoms with Crippen LogP contribution in [0.4, 0.5) is 5.69 Å². The first-order valence-corrected chi connectivity index (χ1v) is 5.99. The van der Waals surface area contributed by atoms with Crippen molar-refractivity contribution in [3.05, 3.63) is 24.3 Å². The topological polar surface area (TPSA) is 38.5 Å². The highest BCUT2D eigenvalue weighted by Gasteiger charge is 2.19. The number of benzene rings is 1. The lowest BCUT2D eigenvalue weighted by atomic mass is 10.2. The molecule has 1 aromatic rings. The molecule has 0 spiro atoms. The molecule has 0 radical (unpaired) electrons. The normalized spacial score (nSPS) is 21.2. The van der Waals surface area contributed by atoms with Gasteiger partial charge in [-0.25, -0.2) is 0 Å². The third-order valence-corrected chi connectivity index (χ3v) is 3.25. The molecular weight excluding hydrogens is 200 g/mol. The van der Waals surface area contributed by atoms with Gasteiger partial charge in [-0.05, 0) is 38.4 Å².